The molecule has 18 nitrogen and oxygen atoms in total. The van der Waals surface area contributed by atoms with E-state index in [1.807, 2.05) is 41.5 Å². The average Bonchev–Trinajstić information content (AvgIpc) is 2.94. The van der Waals surface area contributed by atoms with Gasteiger partial charge in [0.25, 0.3) is 0 Å². The summed E-state index contributed by atoms with van der Waals surface area (Å²) in [6.07, 6.45) is 4.42. The van der Waals surface area contributed by atoms with Crippen molar-refractivity contribution in [2.45, 2.75) is 119 Å². The van der Waals surface area contributed by atoms with Gasteiger partial charge in [0.2, 0.25) is 0 Å². The fourth-order valence-electron chi connectivity index (χ4n) is 1.33. The summed E-state index contributed by atoms with van der Waals surface area (Å²) in [5.74, 6) is 0. The standard InChI is InChI=1S/3C4H11O3P.3C3H9O3P.Al.3H/c3*1-3-4(2)7-8(5)6;3*1-2-3-6-7(4)5;;;;/h3*4,8H,3H2,1-2H3,(H,5,6);3*7H,2-3H2,1H3,(H,4,5);;;;. The van der Waals surface area contributed by atoms with Gasteiger partial charge in [-0.05, 0) is 59.3 Å². The molecule has 6 N–H and O–H groups in total. The van der Waals surface area contributed by atoms with E-state index in [0.717, 1.165) is 38.5 Å². The maximum atomic E-state index is 9.93. The number of hydrogen-bond acceptors (Lipinski definition) is 12. The quantitative estimate of drug-likeness (QED) is 0.0804. The molecule has 25 heteroatoms. The van der Waals surface area contributed by atoms with Crippen molar-refractivity contribution in [2.75, 3.05) is 19.8 Å². The van der Waals surface area contributed by atoms with E-state index in [1.54, 1.807) is 20.8 Å². The fraction of sp³-hybridized carbons (Fsp3) is 1.00. The highest BCUT2D eigenvalue weighted by Crippen LogP contribution is 2.20. The van der Waals surface area contributed by atoms with Crippen LogP contribution in [0, 0.1) is 0 Å². The van der Waals surface area contributed by atoms with Crippen molar-refractivity contribution in [2.24, 2.45) is 0 Å². The van der Waals surface area contributed by atoms with E-state index in [4.69, 9.17) is 29.4 Å². The van der Waals surface area contributed by atoms with Crippen molar-refractivity contribution < 1.29 is 83.9 Å². The molecular weight excluding hydrogens is 753 g/mol. The summed E-state index contributed by atoms with van der Waals surface area (Å²) in [4.78, 5) is 48.6. The van der Waals surface area contributed by atoms with Crippen LogP contribution in [-0.2, 0) is 54.5 Å². The molecule has 0 heterocycles. The molecule has 0 aromatic rings. The summed E-state index contributed by atoms with van der Waals surface area (Å²) in [5, 5.41) is 0. The van der Waals surface area contributed by atoms with Gasteiger partial charge in [-0.25, -0.2) is 0 Å². The molecule has 0 fully saturated rings. The maximum Gasteiger partial charge on any atom is 0.316 e. The van der Waals surface area contributed by atoms with Gasteiger partial charge >= 0.3 is 49.5 Å². The van der Waals surface area contributed by atoms with Gasteiger partial charge in [0.15, 0.2) is 17.4 Å². The molecule has 0 aromatic carbocycles. The minimum atomic E-state index is -2.70. The normalized spacial score (nSPS) is 15.7. The predicted molar refractivity (Wildman–Crippen MR) is 189 cm³/mol. The molecule has 0 bridgehead atoms. The van der Waals surface area contributed by atoms with E-state index in [0.29, 0.717) is 19.8 Å². The number of hydrogen-bond donors (Lipinski definition) is 6. The van der Waals surface area contributed by atoms with Crippen molar-refractivity contribution >= 4 is 66.9 Å². The third-order valence-corrected chi connectivity index (χ3v) is 7.08. The lowest BCUT2D eigenvalue weighted by Crippen LogP contribution is -1.98. The lowest BCUT2D eigenvalue weighted by Gasteiger charge is -2.04. The second-order valence-electron chi connectivity index (χ2n) is 8.15. The molecular formula is C21H63AlO18P6. The summed E-state index contributed by atoms with van der Waals surface area (Å²) in [5.41, 5.74) is 0. The molecule has 0 radical (unpaired) electrons. The molecule has 0 saturated heterocycles. The molecule has 9 atom stereocenters. The molecule has 0 amide bonds. The van der Waals surface area contributed by atoms with Crippen LogP contribution in [0.4, 0.5) is 0 Å². The van der Waals surface area contributed by atoms with Gasteiger partial charge in [-0.1, -0.05) is 41.5 Å². The SMILES string of the molecule is CCC(C)O[PH](=O)O.CCC(C)O[PH](=O)O.CCC(C)O[PH](=O)O.CCCO[PH](=O)O.CCCO[PH](=O)O.CCCO[PH](=O)O.[AlH3]. The van der Waals surface area contributed by atoms with Crippen molar-refractivity contribution in [3.8, 4) is 0 Å². The third-order valence-electron chi connectivity index (χ3n) is 3.92. The Balaban J connectivity index is -0.0000000791. The molecule has 0 rings (SSSR count). The topological polar surface area (TPSA) is 279 Å². The lowest BCUT2D eigenvalue weighted by atomic mass is 10.3. The van der Waals surface area contributed by atoms with Crippen LogP contribution in [0.1, 0.15) is 101 Å². The smallest absolute Gasteiger partial charge is 0.316 e. The van der Waals surface area contributed by atoms with Crippen LogP contribution in [-0.4, -0.2) is 84.9 Å². The van der Waals surface area contributed by atoms with Crippen molar-refractivity contribution in [3.05, 3.63) is 0 Å². The molecule has 0 aromatic heterocycles. The van der Waals surface area contributed by atoms with E-state index < -0.39 is 49.5 Å². The molecule has 46 heavy (non-hydrogen) atoms. The lowest BCUT2D eigenvalue weighted by molar-refractivity contribution is 0.201. The predicted octanol–water partition coefficient (Wildman–Crippen LogP) is 4.75. The Morgan fingerprint density at radius 2 is 0.587 bits per heavy atom. The zero-order chi connectivity index (χ0) is 36.8. The van der Waals surface area contributed by atoms with E-state index in [9.17, 15) is 27.4 Å². The van der Waals surface area contributed by atoms with Crippen molar-refractivity contribution in [1.29, 1.82) is 0 Å². The van der Waals surface area contributed by atoms with Crippen LogP contribution in [0.5, 0.6) is 0 Å². The first-order chi connectivity index (χ1) is 20.8. The zero-order valence-corrected chi connectivity index (χ0v) is 33.7. The van der Waals surface area contributed by atoms with Crippen LogP contribution in [0.15, 0.2) is 0 Å². The highest BCUT2D eigenvalue weighted by atomic mass is 31.1. The van der Waals surface area contributed by atoms with Gasteiger partial charge in [0, 0.05) is 0 Å². The fourth-order valence-corrected chi connectivity index (χ4v) is 4.00. The minimum Gasteiger partial charge on any atom is -0.326 e. The summed E-state index contributed by atoms with van der Waals surface area (Å²) < 4.78 is 85.3. The van der Waals surface area contributed by atoms with Gasteiger partial charge in [-0.15, -0.1) is 0 Å². The van der Waals surface area contributed by atoms with E-state index >= 15 is 0 Å². The Morgan fingerprint density at radius 1 is 0.413 bits per heavy atom. The monoisotopic (exact) mass is 816 g/mol. The Kier molecular flexibility index (Phi) is 69.1. The van der Waals surface area contributed by atoms with Crippen molar-refractivity contribution in [1.82, 2.24) is 0 Å². The van der Waals surface area contributed by atoms with Crippen LogP contribution >= 0.6 is 49.5 Å². The first-order valence-corrected chi connectivity index (χ1v) is 21.6. The van der Waals surface area contributed by atoms with Gasteiger partial charge in [0.1, 0.15) is 0 Å². The van der Waals surface area contributed by atoms with Crippen molar-refractivity contribution in [3.63, 3.8) is 0 Å². The minimum absolute atomic E-state index is 0. The van der Waals surface area contributed by atoms with Crippen LogP contribution in [0.3, 0.4) is 0 Å². The van der Waals surface area contributed by atoms with E-state index in [-0.39, 0.29) is 35.7 Å². The maximum absolute atomic E-state index is 9.93. The van der Waals surface area contributed by atoms with Crippen LogP contribution in [0.2, 0.25) is 0 Å². The summed E-state index contributed by atoms with van der Waals surface area (Å²) in [7, 11) is -16.0. The Morgan fingerprint density at radius 3 is 0.630 bits per heavy atom. The molecule has 288 valence electrons. The van der Waals surface area contributed by atoms with E-state index in [2.05, 4.69) is 27.1 Å². The number of rotatable bonds is 18. The Bertz CT molecular complexity index is 661. The molecule has 0 spiro atoms. The van der Waals surface area contributed by atoms with Crippen LogP contribution < -0.4 is 0 Å². The van der Waals surface area contributed by atoms with E-state index in [1.165, 1.54) is 0 Å². The largest absolute Gasteiger partial charge is 0.326 e. The molecule has 0 aliphatic heterocycles. The molecule has 0 saturated carbocycles. The van der Waals surface area contributed by atoms with Gasteiger partial charge < -0.3 is 56.5 Å². The van der Waals surface area contributed by atoms with Gasteiger partial charge in [-0.3, -0.25) is 27.4 Å². The molecule has 9 unspecified atom stereocenters. The first kappa shape index (κ1) is 62.6. The Labute approximate surface area is 289 Å². The van der Waals surface area contributed by atoms with Gasteiger partial charge in [-0.2, -0.15) is 0 Å². The molecule has 0 aliphatic rings. The average molecular weight is 817 g/mol. The highest BCUT2D eigenvalue weighted by Gasteiger charge is 2.00. The molecule has 0 aliphatic carbocycles. The highest BCUT2D eigenvalue weighted by molar-refractivity contribution is 7.33. The zero-order valence-electron chi connectivity index (χ0n) is 27.7. The first-order valence-electron chi connectivity index (χ1n) is 14.1. The third kappa shape index (κ3) is 90.8. The van der Waals surface area contributed by atoms with Gasteiger partial charge in [0.05, 0.1) is 38.1 Å². The second kappa shape index (κ2) is 50.8. The summed E-state index contributed by atoms with van der Waals surface area (Å²) in [6, 6.07) is 0. The summed E-state index contributed by atoms with van der Waals surface area (Å²) >= 11 is 0. The summed E-state index contributed by atoms with van der Waals surface area (Å²) in [6.45, 7) is 17.8. The second-order valence-corrected chi connectivity index (χ2v) is 12.9. The Hall–Kier alpha value is 1.43. The van der Waals surface area contributed by atoms with Crippen LogP contribution in [0.25, 0.3) is 0 Å².